The van der Waals surface area contributed by atoms with Crippen LogP contribution in [0.2, 0.25) is 0 Å². The van der Waals surface area contributed by atoms with Crippen LogP contribution in [0, 0.1) is 10.1 Å². The SMILES string of the molecule is O=C1C=CC(=O)C([N+](=O)[O-])=C1O. The van der Waals surface area contributed by atoms with Crippen molar-refractivity contribution in [2.75, 3.05) is 0 Å². The Morgan fingerprint density at radius 2 is 1.75 bits per heavy atom. The Balaban J connectivity index is 3.24. The summed E-state index contributed by atoms with van der Waals surface area (Å²) in [7, 11) is 0. The first kappa shape index (κ1) is 8.12. The lowest BCUT2D eigenvalue weighted by atomic mass is 10.1. The lowest BCUT2D eigenvalue weighted by molar-refractivity contribution is -0.420. The number of carbonyl (C=O) groups excluding carboxylic acids is 2. The second kappa shape index (κ2) is 2.57. The number of carbonyl (C=O) groups is 2. The molecule has 0 atom stereocenters. The van der Waals surface area contributed by atoms with Crippen LogP contribution in [0.5, 0.6) is 0 Å². The summed E-state index contributed by atoms with van der Waals surface area (Å²) in [6.45, 7) is 0. The van der Waals surface area contributed by atoms with Gasteiger partial charge in [-0.25, -0.2) is 0 Å². The summed E-state index contributed by atoms with van der Waals surface area (Å²) in [6.07, 6.45) is 1.53. The first-order chi connectivity index (χ1) is 5.54. The van der Waals surface area contributed by atoms with Crippen molar-refractivity contribution in [1.29, 1.82) is 0 Å². The molecule has 6 heteroatoms. The first-order valence-electron chi connectivity index (χ1n) is 2.88. The van der Waals surface area contributed by atoms with Gasteiger partial charge in [0, 0.05) is 0 Å². The maximum atomic E-state index is 10.7. The van der Waals surface area contributed by atoms with Crippen LogP contribution in [0.15, 0.2) is 23.6 Å². The highest BCUT2D eigenvalue weighted by atomic mass is 16.6. The zero-order valence-electron chi connectivity index (χ0n) is 5.68. The maximum absolute atomic E-state index is 10.7. The first-order valence-corrected chi connectivity index (χ1v) is 2.88. The number of hydrogen-bond donors (Lipinski definition) is 1. The fourth-order valence-electron chi connectivity index (χ4n) is 0.719. The molecule has 0 radical (unpaired) electrons. The number of nitro groups is 1. The fraction of sp³-hybridized carbons (Fsp3) is 0. The van der Waals surface area contributed by atoms with Gasteiger partial charge in [-0.3, -0.25) is 19.7 Å². The van der Waals surface area contributed by atoms with E-state index in [2.05, 4.69) is 0 Å². The van der Waals surface area contributed by atoms with Crippen molar-refractivity contribution >= 4 is 11.6 Å². The van der Waals surface area contributed by atoms with E-state index in [1.165, 1.54) is 0 Å². The minimum Gasteiger partial charge on any atom is -0.499 e. The van der Waals surface area contributed by atoms with Crippen LogP contribution >= 0.6 is 0 Å². The molecular weight excluding hydrogens is 166 g/mol. The van der Waals surface area contributed by atoms with Gasteiger partial charge in [-0.2, -0.15) is 0 Å². The van der Waals surface area contributed by atoms with Crippen molar-refractivity contribution in [2.45, 2.75) is 0 Å². The van der Waals surface area contributed by atoms with Crippen molar-refractivity contribution in [3.63, 3.8) is 0 Å². The molecule has 0 spiro atoms. The molecule has 0 bridgehead atoms. The number of nitrogens with zero attached hydrogens (tertiary/aromatic N) is 1. The Kier molecular flexibility index (Phi) is 1.74. The van der Waals surface area contributed by atoms with E-state index in [0.717, 1.165) is 12.2 Å². The number of allylic oxidation sites excluding steroid dienone is 2. The molecule has 0 aromatic rings. The molecule has 12 heavy (non-hydrogen) atoms. The van der Waals surface area contributed by atoms with Gasteiger partial charge in [0.05, 0.1) is 4.92 Å². The lowest BCUT2D eigenvalue weighted by Crippen LogP contribution is -2.19. The Morgan fingerprint density at radius 1 is 1.25 bits per heavy atom. The van der Waals surface area contributed by atoms with Crippen LogP contribution in [0.4, 0.5) is 0 Å². The van der Waals surface area contributed by atoms with Crippen LogP contribution in [-0.2, 0) is 9.59 Å². The van der Waals surface area contributed by atoms with E-state index < -0.39 is 27.9 Å². The molecule has 1 rings (SSSR count). The number of aliphatic hydroxyl groups is 1. The average Bonchev–Trinajstić information content (AvgIpc) is 1.97. The number of ketones is 2. The standard InChI is InChI=1S/C6H3NO5/c8-3-1-2-4(9)6(10)5(3)7(11)12/h1-2,10H. The second-order valence-corrected chi connectivity index (χ2v) is 2.02. The zero-order valence-corrected chi connectivity index (χ0v) is 5.68. The van der Waals surface area contributed by atoms with E-state index in [9.17, 15) is 19.7 Å². The number of hydrogen-bond acceptors (Lipinski definition) is 5. The molecule has 1 aliphatic rings. The Bertz CT molecular complexity index is 338. The molecule has 0 heterocycles. The summed E-state index contributed by atoms with van der Waals surface area (Å²) in [5, 5.41) is 18.9. The molecule has 0 saturated carbocycles. The van der Waals surface area contributed by atoms with Crippen molar-refractivity contribution in [2.24, 2.45) is 0 Å². The quantitative estimate of drug-likeness (QED) is 0.331. The van der Waals surface area contributed by atoms with E-state index in [-0.39, 0.29) is 0 Å². The Morgan fingerprint density at radius 3 is 2.17 bits per heavy atom. The highest BCUT2D eigenvalue weighted by Gasteiger charge is 2.32. The molecule has 0 aromatic heterocycles. The van der Waals surface area contributed by atoms with Crippen LogP contribution in [-0.4, -0.2) is 21.6 Å². The largest absolute Gasteiger partial charge is 0.499 e. The highest BCUT2D eigenvalue weighted by molar-refractivity contribution is 6.17. The molecule has 0 amide bonds. The topological polar surface area (TPSA) is 97.5 Å². The third-order valence-electron chi connectivity index (χ3n) is 1.26. The molecule has 0 aliphatic heterocycles. The molecule has 1 N–H and O–H groups in total. The summed E-state index contributed by atoms with van der Waals surface area (Å²) in [4.78, 5) is 30.3. The van der Waals surface area contributed by atoms with Gasteiger partial charge >= 0.3 is 5.70 Å². The monoisotopic (exact) mass is 169 g/mol. The molecule has 62 valence electrons. The predicted octanol–water partition coefficient (Wildman–Crippen LogP) is -0.259. The summed E-state index contributed by atoms with van der Waals surface area (Å²) in [5.74, 6) is -3.01. The van der Waals surface area contributed by atoms with Crippen molar-refractivity contribution in [3.05, 3.63) is 33.7 Å². The zero-order chi connectivity index (χ0) is 9.30. The van der Waals surface area contributed by atoms with E-state index in [1.54, 1.807) is 0 Å². The Hall–Kier alpha value is -1.98. The van der Waals surface area contributed by atoms with Gasteiger partial charge in [-0.1, -0.05) is 0 Å². The van der Waals surface area contributed by atoms with Crippen molar-refractivity contribution in [1.82, 2.24) is 0 Å². The molecule has 0 aromatic carbocycles. The molecule has 0 unspecified atom stereocenters. The van der Waals surface area contributed by atoms with Crippen LogP contribution in [0.3, 0.4) is 0 Å². The van der Waals surface area contributed by atoms with Gasteiger partial charge in [0.15, 0.2) is 0 Å². The van der Waals surface area contributed by atoms with E-state index in [0.29, 0.717) is 0 Å². The summed E-state index contributed by atoms with van der Waals surface area (Å²) < 4.78 is 0. The van der Waals surface area contributed by atoms with Gasteiger partial charge in [0.25, 0.3) is 5.78 Å². The summed E-state index contributed by atoms with van der Waals surface area (Å²) in [6, 6.07) is 0. The van der Waals surface area contributed by atoms with Crippen LogP contribution < -0.4 is 0 Å². The predicted molar refractivity (Wildman–Crippen MR) is 35.8 cm³/mol. The molecular formula is C6H3NO5. The van der Waals surface area contributed by atoms with Crippen LogP contribution in [0.25, 0.3) is 0 Å². The minimum absolute atomic E-state index is 0.750. The molecule has 6 nitrogen and oxygen atoms in total. The Labute approximate surface area is 65.9 Å². The van der Waals surface area contributed by atoms with Gasteiger partial charge in [0.1, 0.15) is 0 Å². The number of rotatable bonds is 1. The fourth-order valence-corrected chi connectivity index (χ4v) is 0.719. The number of aliphatic hydroxyl groups excluding tert-OH is 1. The average molecular weight is 169 g/mol. The third kappa shape index (κ3) is 1.09. The van der Waals surface area contributed by atoms with Gasteiger partial charge in [0.2, 0.25) is 11.5 Å². The van der Waals surface area contributed by atoms with Gasteiger partial charge in [-0.15, -0.1) is 0 Å². The lowest BCUT2D eigenvalue weighted by Gasteiger charge is -2.00. The van der Waals surface area contributed by atoms with Crippen molar-refractivity contribution < 1.29 is 19.6 Å². The van der Waals surface area contributed by atoms with Gasteiger partial charge < -0.3 is 5.11 Å². The normalized spacial score (nSPS) is 17.0. The third-order valence-corrected chi connectivity index (χ3v) is 1.26. The summed E-state index contributed by atoms with van der Waals surface area (Å²) >= 11 is 0. The second-order valence-electron chi connectivity index (χ2n) is 2.02. The highest BCUT2D eigenvalue weighted by Crippen LogP contribution is 2.11. The van der Waals surface area contributed by atoms with Crippen molar-refractivity contribution in [3.8, 4) is 0 Å². The molecule has 0 fully saturated rings. The van der Waals surface area contributed by atoms with Crippen LogP contribution in [0.1, 0.15) is 0 Å². The smallest absolute Gasteiger partial charge is 0.361 e. The van der Waals surface area contributed by atoms with E-state index >= 15 is 0 Å². The molecule has 1 aliphatic carbocycles. The summed E-state index contributed by atoms with van der Waals surface area (Å²) in [5.41, 5.74) is -1.07. The van der Waals surface area contributed by atoms with E-state index in [4.69, 9.17) is 5.11 Å². The molecule has 0 saturated heterocycles. The van der Waals surface area contributed by atoms with Gasteiger partial charge in [-0.05, 0) is 12.2 Å². The van der Waals surface area contributed by atoms with E-state index in [1.807, 2.05) is 0 Å². The minimum atomic E-state index is -1.10. The maximum Gasteiger partial charge on any atom is 0.361 e.